The van der Waals surface area contributed by atoms with Crippen LogP contribution in [0.3, 0.4) is 0 Å². The number of thioether (sulfide) groups is 1. The SMILES string of the molecule is C=CCn1c(SCc2csc(Nc3ccccc3)n2)nnc1-c1ccccc1. The Kier molecular flexibility index (Phi) is 5.84. The zero-order valence-corrected chi connectivity index (χ0v) is 16.8. The van der Waals surface area contributed by atoms with E-state index in [0.29, 0.717) is 6.54 Å². The molecule has 5 nitrogen and oxygen atoms in total. The van der Waals surface area contributed by atoms with Crippen molar-refractivity contribution in [3.8, 4) is 11.4 Å². The molecule has 0 saturated heterocycles. The van der Waals surface area contributed by atoms with Crippen LogP contribution in [0, 0.1) is 0 Å². The molecule has 0 radical (unpaired) electrons. The highest BCUT2D eigenvalue weighted by Gasteiger charge is 2.14. The van der Waals surface area contributed by atoms with Crippen molar-refractivity contribution in [3.63, 3.8) is 0 Å². The van der Waals surface area contributed by atoms with Gasteiger partial charge in [-0.15, -0.1) is 28.1 Å². The van der Waals surface area contributed by atoms with Crippen LogP contribution in [0.15, 0.2) is 83.9 Å². The molecule has 4 rings (SSSR count). The van der Waals surface area contributed by atoms with Gasteiger partial charge in [0, 0.05) is 28.9 Å². The minimum Gasteiger partial charge on any atom is -0.332 e. The number of hydrogen-bond acceptors (Lipinski definition) is 6. The molecule has 2 heterocycles. The molecule has 0 unspecified atom stereocenters. The lowest BCUT2D eigenvalue weighted by atomic mass is 10.2. The normalized spacial score (nSPS) is 10.7. The summed E-state index contributed by atoms with van der Waals surface area (Å²) >= 11 is 3.23. The van der Waals surface area contributed by atoms with E-state index in [1.54, 1.807) is 23.1 Å². The van der Waals surface area contributed by atoms with E-state index in [1.165, 1.54) is 0 Å². The second kappa shape index (κ2) is 8.86. The maximum atomic E-state index is 4.67. The first kappa shape index (κ1) is 18.5. The van der Waals surface area contributed by atoms with Crippen LogP contribution in [0.25, 0.3) is 11.4 Å². The van der Waals surface area contributed by atoms with E-state index < -0.39 is 0 Å². The van der Waals surface area contributed by atoms with Crippen molar-refractivity contribution < 1.29 is 0 Å². The number of benzene rings is 2. The van der Waals surface area contributed by atoms with Crippen molar-refractivity contribution in [2.24, 2.45) is 0 Å². The number of aromatic nitrogens is 4. The summed E-state index contributed by atoms with van der Waals surface area (Å²) in [5.74, 6) is 1.59. The maximum Gasteiger partial charge on any atom is 0.192 e. The van der Waals surface area contributed by atoms with Crippen LogP contribution in [0.5, 0.6) is 0 Å². The second-order valence-electron chi connectivity index (χ2n) is 6.00. The summed E-state index contributed by atoms with van der Waals surface area (Å²) in [6.07, 6.45) is 1.87. The summed E-state index contributed by atoms with van der Waals surface area (Å²) in [6, 6.07) is 20.1. The first-order valence-corrected chi connectivity index (χ1v) is 10.7. The lowest BCUT2D eigenvalue weighted by Crippen LogP contribution is -2.00. The predicted octanol–water partition coefficient (Wildman–Crippen LogP) is 5.62. The smallest absolute Gasteiger partial charge is 0.192 e. The van der Waals surface area contributed by atoms with Gasteiger partial charge in [-0.3, -0.25) is 4.57 Å². The molecule has 1 N–H and O–H groups in total. The van der Waals surface area contributed by atoms with Gasteiger partial charge in [0.05, 0.1) is 5.69 Å². The van der Waals surface area contributed by atoms with Gasteiger partial charge in [-0.1, -0.05) is 66.4 Å². The summed E-state index contributed by atoms with van der Waals surface area (Å²) in [4.78, 5) is 4.67. The predicted molar refractivity (Wildman–Crippen MR) is 117 cm³/mol. The van der Waals surface area contributed by atoms with Crippen LogP contribution < -0.4 is 5.32 Å². The lowest BCUT2D eigenvalue weighted by molar-refractivity contribution is 0.731. The molecule has 0 spiro atoms. The molecule has 0 aliphatic heterocycles. The third-order valence-electron chi connectivity index (χ3n) is 3.99. The molecular weight excluding hydrogens is 386 g/mol. The van der Waals surface area contributed by atoms with Crippen LogP contribution in [-0.4, -0.2) is 19.7 Å². The molecule has 0 saturated carbocycles. The fraction of sp³-hybridized carbons (Fsp3) is 0.0952. The molecule has 140 valence electrons. The number of anilines is 2. The van der Waals surface area contributed by atoms with Gasteiger partial charge >= 0.3 is 0 Å². The van der Waals surface area contributed by atoms with Crippen molar-refractivity contribution in [1.82, 2.24) is 19.7 Å². The van der Waals surface area contributed by atoms with E-state index in [0.717, 1.165) is 38.8 Å². The molecule has 2 aromatic carbocycles. The first-order valence-electron chi connectivity index (χ1n) is 8.82. The van der Waals surface area contributed by atoms with Crippen LogP contribution >= 0.6 is 23.1 Å². The Morgan fingerprint density at radius 3 is 2.54 bits per heavy atom. The van der Waals surface area contributed by atoms with Gasteiger partial charge in [0.25, 0.3) is 0 Å². The van der Waals surface area contributed by atoms with E-state index in [1.807, 2.05) is 66.7 Å². The summed E-state index contributed by atoms with van der Waals surface area (Å²) in [7, 11) is 0. The summed E-state index contributed by atoms with van der Waals surface area (Å²) < 4.78 is 2.09. The molecule has 0 amide bonds. The van der Waals surface area contributed by atoms with Crippen LogP contribution in [0.2, 0.25) is 0 Å². The molecule has 0 atom stereocenters. The Morgan fingerprint density at radius 1 is 1.04 bits per heavy atom. The fourth-order valence-corrected chi connectivity index (χ4v) is 4.38. The average Bonchev–Trinajstić information content (AvgIpc) is 3.35. The van der Waals surface area contributed by atoms with E-state index in [-0.39, 0.29) is 0 Å². The monoisotopic (exact) mass is 405 g/mol. The maximum absolute atomic E-state index is 4.67. The zero-order valence-electron chi connectivity index (χ0n) is 15.2. The van der Waals surface area contributed by atoms with E-state index in [2.05, 4.69) is 37.0 Å². The van der Waals surface area contributed by atoms with Crippen molar-refractivity contribution in [2.45, 2.75) is 17.5 Å². The number of hydrogen-bond donors (Lipinski definition) is 1. The summed E-state index contributed by atoms with van der Waals surface area (Å²) in [5, 5.41) is 15.9. The van der Waals surface area contributed by atoms with Gasteiger partial charge in [0.1, 0.15) is 0 Å². The zero-order chi connectivity index (χ0) is 19.2. The van der Waals surface area contributed by atoms with E-state index >= 15 is 0 Å². The van der Waals surface area contributed by atoms with Gasteiger partial charge in [-0.2, -0.15) is 0 Å². The highest BCUT2D eigenvalue weighted by Crippen LogP contribution is 2.28. The quantitative estimate of drug-likeness (QED) is 0.304. The largest absolute Gasteiger partial charge is 0.332 e. The molecule has 4 aromatic rings. The molecule has 0 bridgehead atoms. The Labute approximate surface area is 172 Å². The summed E-state index contributed by atoms with van der Waals surface area (Å²) in [6.45, 7) is 4.53. The van der Waals surface area contributed by atoms with Gasteiger partial charge in [0.2, 0.25) is 0 Å². The number of nitrogens with one attached hydrogen (secondary N) is 1. The van der Waals surface area contributed by atoms with Crippen molar-refractivity contribution in [3.05, 3.63) is 84.4 Å². The molecule has 2 aromatic heterocycles. The van der Waals surface area contributed by atoms with E-state index in [9.17, 15) is 0 Å². The Bertz CT molecular complexity index is 1040. The number of thiazole rings is 1. The van der Waals surface area contributed by atoms with Crippen molar-refractivity contribution >= 4 is 33.9 Å². The van der Waals surface area contributed by atoms with Crippen molar-refractivity contribution in [1.29, 1.82) is 0 Å². The molecular formula is C21H19N5S2. The first-order chi connectivity index (χ1) is 13.8. The number of nitrogens with zero attached hydrogens (tertiary/aromatic N) is 4. The van der Waals surface area contributed by atoms with Gasteiger partial charge in [0.15, 0.2) is 16.1 Å². The Balaban J connectivity index is 1.46. The average molecular weight is 406 g/mol. The third-order valence-corrected chi connectivity index (χ3v) is 5.79. The molecule has 0 fully saturated rings. The molecule has 28 heavy (non-hydrogen) atoms. The highest BCUT2D eigenvalue weighted by atomic mass is 32.2. The number of allylic oxidation sites excluding steroid dienone is 1. The van der Waals surface area contributed by atoms with Crippen molar-refractivity contribution in [2.75, 3.05) is 5.32 Å². The van der Waals surface area contributed by atoms with Gasteiger partial charge in [-0.25, -0.2) is 4.98 Å². The van der Waals surface area contributed by atoms with E-state index in [4.69, 9.17) is 0 Å². The van der Waals surface area contributed by atoms with Crippen LogP contribution in [0.4, 0.5) is 10.8 Å². The van der Waals surface area contributed by atoms with Gasteiger partial charge < -0.3 is 5.32 Å². The standard InChI is InChI=1S/C21H19N5S2/c1-2-13-26-19(16-9-5-3-6-10-16)24-25-21(26)28-15-18-14-27-20(23-18)22-17-11-7-4-8-12-17/h2-12,14H,1,13,15H2,(H,22,23). The highest BCUT2D eigenvalue weighted by molar-refractivity contribution is 7.98. The minimum absolute atomic E-state index is 0.664. The lowest BCUT2D eigenvalue weighted by Gasteiger charge is -2.07. The fourth-order valence-electron chi connectivity index (χ4n) is 2.70. The number of para-hydroxylation sites is 1. The molecule has 0 aliphatic rings. The van der Waals surface area contributed by atoms with Crippen LogP contribution in [-0.2, 0) is 12.3 Å². The van der Waals surface area contributed by atoms with Gasteiger partial charge in [-0.05, 0) is 12.1 Å². The van der Waals surface area contributed by atoms with Crippen LogP contribution in [0.1, 0.15) is 5.69 Å². The Morgan fingerprint density at radius 2 is 1.79 bits per heavy atom. The number of rotatable bonds is 8. The second-order valence-corrected chi connectivity index (χ2v) is 7.80. The Hall–Kier alpha value is -2.90. The minimum atomic E-state index is 0.664. The third kappa shape index (κ3) is 4.32. The molecule has 0 aliphatic carbocycles. The summed E-state index contributed by atoms with van der Waals surface area (Å²) in [5.41, 5.74) is 3.10. The molecule has 7 heteroatoms. The topological polar surface area (TPSA) is 55.6 Å².